The predicted molar refractivity (Wildman–Crippen MR) is 114 cm³/mol. The van der Waals surface area contributed by atoms with Gasteiger partial charge in [0.1, 0.15) is 6.61 Å². The lowest BCUT2D eigenvalue weighted by Crippen LogP contribution is -2.40. The molecule has 138 valence electrons. The van der Waals surface area contributed by atoms with Gasteiger partial charge in [-0.2, -0.15) is 0 Å². The van der Waals surface area contributed by atoms with Crippen LogP contribution in [0.2, 0.25) is 5.02 Å². The molecular formula is C20H22ClIN2O2. The Bertz CT molecular complexity index is 734. The Labute approximate surface area is 173 Å². The maximum Gasteiger partial charge on any atom is 0.410 e. The number of carbonyl (C=O) groups is 1. The van der Waals surface area contributed by atoms with Crippen molar-refractivity contribution >= 4 is 46.0 Å². The second kappa shape index (κ2) is 9.46. The number of halogens is 2. The lowest BCUT2D eigenvalue weighted by molar-refractivity contribution is 0.0832. The van der Waals surface area contributed by atoms with E-state index in [1.54, 1.807) is 4.90 Å². The number of hydrogen-bond donors (Lipinski definition) is 1. The molecule has 0 spiro atoms. The number of benzene rings is 2. The molecule has 3 rings (SSSR count). The normalized spacial score (nSPS) is 14.9. The zero-order valence-electron chi connectivity index (χ0n) is 14.5. The van der Waals surface area contributed by atoms with Gasteiger partial charge in [-0.15, -0.1) is 0 Å². The van der Waals surface area contributed by atoms with Gasteiger partial charge in [0.15, 0.2) is 0 Å². The molecule has 0 radical (unpaired) electrons. The van der Waals surface area contributed by atoms with Crippen molar-refractivity contribution < 1.29 is 9.53 Å². The van der Waals surface area contributed by atoms with Crippen LogP contribution in [0, 0.1) is 9.49 Å². The van der Waals surface area contributed by atoms with Crippen LogP contribution < -0.4 is 5.32 Å². The molecule has 1 saturated heterocycles. The van der Waals surface area contributed by atoms with Crippen molar-refractivity contribution in [1.82, 2.24) is 4.90 Å². The predicted octanol–water partition coefficient (Wildman–Crippen LogP) is 5.41. The fourth-order valence-electron chi connectivity index (χ4n) is 3.00. The topological polar surface area (TPSA) is 41.6 Å². The molecule has 4 nitrogen and oxygen atoms in total. The number of carbonyl (C=O) groups excluding carboxylic acids is 1. The van der Waals surface area contributed by atoms with E-state index < -0.39 is 0 Å². The Morgan fingerprint density at radius 1 is 1.19 bits per heavy atom. The first kappa shape index (κ1) is 19.3. The average Bonchev–Trinajstić information content (AvgIpc) is 2.68. The molecule has 6 heteroatoms. The second-order valence-electron chi connectivity index (χ2n) is 6.48. The van der Waals surface area contributed by atoms with Crippen LogP contribution in [-0.2, 0) is 11.3 Å². The third kappa shape index (κ3) is 5.51. The highest BCUT2D eigenvalue weighted by atomic mass is 127. The molecule has 1 aliphatic heterocycles. The molecule has 2 aromatic rings. The first-order chi connectivity index (χ1) is 12.6. The van der Waals surface area contributed by atoms with Crippen molar-refractivity contribution in [3.63, 3.8) is 0 Å². The Kier molecular flexibility index (Phi) is 7.02. The summed E-state index contributed by atoms with van der Waals surface area (Å²) in [4.78, 5) is 14.0. The lowest BCUT2D eigenvalue weighted by Gasteiger charge is -2.31. The minimum atomic E-state index is -0.218. The molecule has 0 saturated carbocycles. The van der Waals surface area contributed by atoms with Gasteiger partial charge in [-0.1, -0.05) is 41.9 Å². The SMILES string of the molecule is O=C(OCc1ccccc1)N1CCC(CNc2ccc(I)c(Cl)c2)CC1. The third-order valence-corrected chi connectivity index (χ3v) is 6.16. The molecule has 26 heavy (non-hydrogen) atoms. The van der Waals surface area contributed by atoms with Crippen LogP contribution in [0.3, 0.4) is 0 Å². The highest BCUT2D eigenvalue weighted by Gasteiger charge is 2.23. The zero-order chi connectivity index (χ0) is 18.4. The lowest BCUT2D eigenvalue weighted by atomic mass is 9.97. The molecule has 1 aliphatic rings. The summed E-state index contributed by atoms with van der Waals surface area (Å²) in [5.41, 5.74) is 2.05. The molecule has 1 amide bonds. The van der Waals surface area contributed by atoms with Gasteiger partial charge in [-0.3, -0.25) is 0 Å². The highest BCUT2D eigenvalue weighted by molar-refractivity contribution is 14.1. The Morgan fingerprint density at radius 3 is 2.62 bits per heavy atom. The van der Waals surface area contributed by atoms with E-state index in [9.17, 15) is 4.79 Å². The molecule has 0 atom stereocenters. The van der Waals surface area contributed by atoms with Crippen LogP contribution in [0.5, 0.6) is 0 Å². The largest absolute Gasteiger partial charge is 0.445 e. The number of hydrogen-bond acceptors (Lipinski definition) is 3. The highest BCUT2D eigenvalue weighted by Crippen LogP contribution is 2.24. The van der Waals surface area contributed by atoms with Crippen molar-refractivity contribution in [1.29, 1.82) is 0 Å². The van der Waals surface area contributed by atoms with E-state index in [0.717, 1.165) is 52.3 Å². The first-order valence-electron chi connectivity index (χ1n) is 8.76. The number of piperidine rings is 1. The van der Waals surface area contributed by atoms with E-state index in [2.05, 4.69) is 27.9 Å². The number of anilines is 1. The van der Waals surface area contributed by atoms with Gasteiger partial charge in [-0.25, -0.2) is 4.79 Å². The summed E-state index contributed by atoms with van der Waals surface area (Å²) in [6.07, 6.45) is 1.74. The standard InChI is InChI=1S/C20H22ClIN2O2/c21-18-12-17(6-7-19(18)22)23-13-15-8-10-24(11-9-15)20(25)26-14-16-4-2-1-3-5-16/h1-7,12,15,23H,8-11,13-14H2. The minimum absolute atomic E-state index is 0.218. The molecule has 2 aromatic carbocycles. The van der Waals surface area contributed by atoms with Crippen LogP contribution in [0.25, 0.3) is 0 Å². The summed E-state index contributed by atoms with van der Waals surface area (Å²) in [6.45, 7) is 2.71. The zero-order valence-corrected chi connectivity index (χ0v) is 17.4. The van der Waals surface area contributed by atoms with Crippen LogP contribution in [0.1, 0.15) is 18.4 Å². The molecule has 1 heterocycles. The van der Waals surface area contributed by atoms with Crippen molar-refractivity contribution in [2.75, 3.05) is 25.0 Å². The van der Waals surface area contributed by atoms with Gasteiger partial charge in [-0.05, 0) is 65.1 Å². The molecule has 0 unspecified atom stereocenters. The van der Waals surface area contributed by atoms with E-state index in [1.165, 1.54) is 0 Å². The number of nitrogens with zero attached hydrogens (tertiary/aromatic N) is 1. The third-order valence-electron chi connectivity index (χ3n) is 4.59. The first-order valence-corrected chi connectivity index (χ1v) is 10.2. The maximum absolute atomic E-state index is 12.2. The number of rotatable bonds is 5. The minimum Gasteiger partial charge on any atom is -0.445 e. The van der Waals surface area contributed by atoms with Crippen LogP contribution >= 0.6 is 34.2 Å². The van der Waals surface area contributed by atoms with Crippen molar-refractivity contribution in [2.24, 2.45) is 5.92 Å². The molecule has 1 N–H and O–H groups in total. The average molecular weight is 485 g/mol. The molecule has 0 aliphatic carbocycles. The van der Waals surface area contributed by atoms with Crippen molar-refractivity contribution in [2.45, 2.75) is 19.4 Å². The van der Waals surface area contributed by atoms with Gasteiger partial charge in [0, 0.05) is 28.9 Å². The summed E-state index contributed by atoms with van der Waals surface area (Å²) in [7, 11) is 0. The van der Waals surface area contributed by atoms with E-state index in [1.807, 2.05) is 48.5 Å². The van der Waals surface area contributed by atoms with E-state index in [-0.39, 0.29) is 6.09 Å². The summed E-state index contributed by atoms with van der Waals surface area (Å²) in [6, 6.07) is 15.8. The smallest absolute Gasteiger partial charge is 0.410 e. The van der Waals surface area contributed by atoms with Gasteiger partial charge in [0.25, 0.3) is 0 Å². The van der Waals surface area contributed by atoms with E-state index in [4.69, 9.17) is 16.3 Å². The monoisotopic (exact) mass is 484 g/mol. The molecule has 1 fully saturated rings. The number of amides is 1. The fraction of sp³-hybridized carbons (Fsp3) is 0.350. The fourth-order valence-corrected chi connectivity index (χ4v) is 3.51. The molecular weight excluding hydrogens is 463 g/mol. The quantitative estimate of drug-likeness (QED) is 0.577. The van der Waals surface area contributed by atoms with Crippen LogP contribution in [0.15, 0.2) is 48.5 Å². The van der Waals surface area contributed by atoms with E-state index >= 15 is 0 Å². The van der Waals surface area contributed by atoms with Crippen molar-refractivity contribution in [3.05, 3.63) is 62.7 Å². The summed E-state index contributed by atoms with van der Waals surface area (Å²) >= 11 is 8.38. The Balaban J connectivity index is 1.39. The number of likely N-dealkylation sites (tertiary alicyclic amines) is 1. The molecule has 0 bridgehead atoms. The second-order valence-corrected chi connectivity index (χ2v) is 8.05. The van der Waals surface area contributed by atoms with Gasteiger partial charge >= 0.3 is 6.09 Å². The van der Waals surface area contributed by atoms with Gasteiger partial charge in [0.05, 0.1) is 5.02 Å². The van der Waals surface area contributed by atoms with Crippen LogP contribution in [0.4, 0.5) is 10.5 Å². The maximum atomic E-state index is 12.2. The summed E-state index contributed by atoms with van der Waals surface area (Å²) in [5.74, 6) is 0.547. The Morgan fingerprint density at radius 2 is 1.92 bits per heavy atom. The van der Waals surface area contributed by atoms with E-state index in [0.29, 0.717) is 12.5 Å². The van der Waals surface area contributed by atoms with Crippen LogP contribution in [-0.4, -0.2) is 30.6 Å². The summed E-state index contributed by atoms with van der Waals surface area (Å²) in [5, 5.41) is 4.22. The molecule has 0 aromatic heterocycles. The summed E-state index contributed by atoms with van der Waals surface area (Å²) < 4.78 is 6.47. The Hall–Kier alpha value is -1.47. The van der Waals surface area contributed by atoms with Gasteiger partial charge in [0.2, 0.25) is 0 Å². The van der Waals surface area contributed by atoms with Gasteiger partial charge < -0.3 is 15.0 Å². The number of nitrogens with one attached hydrogen (secondary N) is 1. The number of ether oxygens (including phenoxy) is 1. The van der Waals surface area contributed by atoms with Crippen molar-refractivity contribution in [3.8, 4) is 0 Å².